The maximum atomic E-state index is 14.5. The lowest BCUT2D eigenvalue weighted by atomic mass is 9.91. The Labute approximate surface area is 185 Å². The number of rotatable bonds is 8. The molecule has 3 nitrogen and oxygen atoms in total. The first-order chi connectivity index (χ1) is 14.3. The quantitative estimate of drug-likeness (QED) is 0.521. The molecule has 2 rings (SSSR count). The zero-order valence-electron chi connectivity index (χ0n) is 18.7. The number of halogens is 3. The van der Waals surface area contributed by atoms with Crippen molar-refractivity contribution in [2.45, 2.75) is 66.2 Å². The van der Waals surface area contributed by atoms with Gasteiger partial charge in [0.05, 0.1) is 16.7 Å². The van der Waals surface area contributed by atoms with Crippen molar-refractivity contribution in [3.63, 3.8) is 0 Å². The Morgan fingerprint density at radius 2 is 1.97 bits per heavy atom. The highest BCUT2D eigenvalue weighted by Gasteiger charge is 2.23. The van der Waals surface area contributed by atoms with E-state index in [1.807, 2.05) is 33.8 Å². The highest BCUT2D eigenvalue weighted by Crippen LogP contribution is 2.35. The third kappa shape index (κ3) is 6.91. The molecule has 0 heterocycles. The van der Waals surface area contributed by atoms with Crippen molar-refractivity contribution >= 4 is 17.2 Å². The lowest BCUT2D eigenvalue weighted by Gasteiger charge is -2.25. The van der Waals surface area contributed by atoms with Gasteiger partial charge in [0.15, 0.2) is 0 Å². The molecule has 0 bridgehead atoms. The average molecular weight is 438 g/mol. The average Bonchev–Trinajstić information content (AvgIpc) is 2.74. The van der Waals surface area contributed by atoms with Gasteiger partial charge in [-0.1, -0.05) is 51.4 Å². The Morgan fingerprint density at radius 1 is 1.30 bits per heavy atom. The van der Waals surface area contributed by atoms with E-state index in [-0.39, 0.29) is 23.9 Å². The maximum Gasteiger partial charge on any atom is 0.139 e. The van der Waals surface area contributed by atoms with Gasteiger partial charge in [0, 0.05) is 24.6 Å². The molecule has 0 amide bonds. The molecule has 0 saturated heterocycles. The third-order valence-electron chi connectivity index (χ3n) is 5.49. The van der Waals surface area contributed by atoms with Crippen LogP contribution in [0.1, 0.15) is 58.6 Å². The number of alkyl halides is 1. The van der Waals surface area contributed by atoms with E-state index < -0.39 is 6.17 Å². The zero-order chi connectivity index (χ0) is 22.8. The minimum Gasteiger partial charge on any atom is -0.328 e. The van der Waals surface area contributed by atoms with Crippen LogP contribution in [0, 0.1) is 23.1 Å². The fraction of sp³-hybridized carbons (Fsp3) is 0.542. The topological polar surface area (TPSA) is 53.0 Å². The van der Waals surface area contributed by atoms with Gasteiger partial charge in [-0.3, -0.25) is 4.90 Å². The molecule has 0 fully saturated rings. The van der Waals surface area contributed by atoms with Crippen LogP contribution in [0.2, 0.25) is 5.02 Å². The van der Waals surface area contributed by atoms with Crippen LogP contribution in [0.15, 0.2) is 29.9 Å². The highest BCUT2D eigenvalue weighted by atomic mass is 35.5. The van der Waals surface area contributed by atoms with E-state index in [4.69, 9.17) is 22.6 Å². The van der Waals surface area contributed by atoms with Gasteiger partial charge in [0.2, 0.25) is 0 Å². The molecule has 166 valence electrons. The van der Waals surface area contributed by atoms with Gasteiger partial charge in [-0.15, -0.1) is 0 Å². The lowest BCUT2D eigenvalue weighted by molar-refractivity contribution is 0.249. The SMILES string of the molecule is CC.CCN(CCC(C)C(C)N)Cc1c(F)ccc(C2=CC=C(C#N)C(F)C2)c1Cl. The normalized spacial score (nSPS) is 18.0. The number of nitrogens with two attached hydrogens (primary N) is 1. The summed E-state index contributed by atoms with van der Waals surface area (Å²) in [5.74, 6) is 0.00427. The van der Waals surface area contributed by atoms with Crippen LogP contribution in [0.25, 0.3) is 5.57 Å². The Hall–Kier alpha value is -1.74. The molecule has 3 unspecified atom stereocenters. The summed E-state index contributed by atoms with van der Waals surface area (Å²) >= 11 is 6.54. The third-order valence-corrected chi connectivity index (χ3v) is 5.92. The summed E-state index contributed by atoms with van der Waals surface area (Å²) in [5.41, 5.74) is 7.75. The number of benzene rings is 1. The van der Waals surface area contributed by atoms with Crippen LogP contribution < -0.4 is 5.73 Å². The second-order valence-electron chi connectivity index (χ2n) is 7.48. The van der Waals surface area contributed by atoms with Crippen molar-refractivity contribution in [3.8, 4) is 6.07 Å². The fourth-order valence-electron chi connectivity index (χ4n) is 3.19. The van der Waals surface area contributed by atoms with Crippen LogP contribution in [0.4, 0.5) is 8.78 Å². The molecule has 0 aromatic heterocycles. The molecule has 1 aromatic carbocycles. The first-order valence-corrected chi connectivity index (χ1v) is 11.1. The van der Waals surface area contributed by atoms with Crippen molar-refractivity contribution in [2.24, 2.45) is 11.7 Å². The first kappa shape index (κ1) is 26.3. The van der Waals surface area contributed by atoms with Gasteiger partial charge >= 0.3 is 0 Å². The van der Waals surface area contributed by atoms with Crippen LogP contribution in [-0.2, 0) is 6.54 Å². The summed E-state index contributed by atoms with van der Waals surface area (Å²) < 4.78 is 28.7. The summed E-state index contributed by atoms with van der Waals surface area (Å²) in [7, 11) is 0. The van der Waals surface area contributed by atoms with Gasteiger partial charge in [0.1, 0.15) is 12.0 Å². The van der Waals surface area contributed by atoms with Gasteiger partial charge in [-0.25, -0.2) is 8.78 Å². The molecule has 1 aromatic rings. The second-order valence-corrected chi connectivity index (χ2v) is 7.86. The summed E-state index contributed by atoms with van der Waals surface area (Å²) in [5, 5.41) is 9.24. The number of nitriles is 1. The van der Waals surface area contributed by atoms with E-state index in [1.54, 1.807) is 12.1 Å². The van der Waals surface area contributed by atoms with Crippen LogP contribution >= 0.6 is 11.6 Å². The molecule has 3 atom stereocenters. The molecule has 6 heteroatoms. The Kier molecular flexibility index (Phi) is 11.3. The largest absolute Gasteiger partial charge is 0.328 e. The molecule has 1 aliphatic carbocycles. The summed E-state index contributed by atoms with van der Waals surface area (Å²) in [4.78, 5) is 2.13. The van der Waals surface area contributed by atoms with E-state index in [1.165, 1.54) is 12.1 Å². The highest BCUT2D eigenvalue weighted by molar-refractivity contribution is 6.33. The van der Waals surface area contributed by atoms with Gasteiger partial charge in [-0.2, -0.15) is 5.26 Å². The summed E-state index contributed by atoms with van der Waals surface area (Å²) in [6.07, 6.45) is 2.78. The Bertz CT molecular complexity index is 796. The molecule has 2 N–H and O–H groups in total. The second kappa shape index (κ2) is 12.8. The number of nitrogens with zero attached hydrogens (tertiary/aromatic N) is 2. The monoisotopic (exact) mass is 437 g/mol. The van der Waals surface area contributed by atoms with Crippen LogP contribution in [0.5, 0.6) is 0 Å². The smallest absolute Gasteiger partial charge is 0.139 e. The van der Waals surface area contributed by atoms with Crippen LogP contribution in [-0.4, -0.2) is 30.2 Å². The molecular weight excluding hydrogens is 404 g/mol. The van der Waals surface area contributed by atoms with Crippen molar-refractivity contribution in [3.05, 3.63) is 51.8 Å². The Balaban J connectivity index is 0.00000218. The maximum absolute atomic E-state index is 14.5. The molecule has 0 spiro atoms. The molecule has 1 aliphatic rings. The zero-order valence-corrected chi connectivity index (χ0v) is 19.4. The molecule has 30 heavy (non-hydrogen) atoms. The van der Waals surface area contributed by atoms with Gasteiger partial charge in [0.25, 0.3) is 0 Å². The lowest BCUT2D eigenvalue weighted by Crippen LogP contribution is -2.30. The van der Waals surface area contributed by atoms with E-state index in [0.29, 0.717) is 34.2 Å². The van der Waals surface area contributed by atoms with Crippen molar-refractivity contribution in [1.82, 2.24) is 4.90 Å². The predicted octanol–water partition coefficient (Wildman–Crippen LogP) is 6.28. The predicted molar refractivity (Wildman–Crippen MR) is 122 cm³/mol. The van der Waals surface area contributed by atoms with E-state index in [2.05, 4.69) is 11.8 Å². The van der Waals surface area contributed by atoms with Crippen LogP contribution in [0.3, 0.4) is 0 Å². The molecular formula is C24H34ClF2N3. The minimum absolute atomic E-state index is 0.0631. The van der Waals surface area contributed by atoms with Crippen molar-refractivity contribution in [1.29, 1.82) is 5.26 Å². The number of allylic oxidation sites excluding steroid dienone is 4. The molecule has 0 saturated carbocycles. The summed E-state index contributed by atoms with van der Waals surface area (Å²) in [6, 6.07) is 4.93. The minimum atomic E-state index is -1.36. The standard InChI is InChI=1S/C22H28ClF2N3.C2H6/c1-4-28(10-9-14(2)15(3)27)13-19-20(24)8-7-18(22(19)23)16-5-6-17(12-26)21(25)11-16;1-2/h5-8,14-15,21H,4,9-11,13,27H2,1-3H3;1-2H3. The van der Waals surface area contributed by atoms with Crippen molar-refractivity contribution < 1.29 is 8.78 Å². The van der Waals surface area contributed by atoms with Gasteiger partial charge < -0.3 is 5.73 Å². The first-order valence-electron chi connectivity index (χ1n) is 10.7. The van der Waals surface area contributed by atoms with Gasteiger partial charge in [-0.05, 0) is 55.6 Å². The number of hydrogen-bond acceptors (Lipinski definition) is 3. The fourth-order valence-corrected chi connectivity index (χ4v) is 3.52. The number of hydrogen-bond donors (Lipinski definition) is 1. The summed E-state index contributed by atoms with van der Waals surface area (Å²) in [6.45, 7) is 12.1. The van der Waals surface area contributed by atoms with E-state index in [9.17, 15) is 8.78 Å². The van der Waals surface area contributed by atoms with E-state index >= 15 is 0 Å². The van der Waals surface area contributed by atoms with E-state index in [0.717, 1.165) is 19.5 Å². The molecule has 0 aliphatic heterocycles. The molecule has 0 radical (unpaired) electrons. The van der Waals surface area contributed by atoms with Crippen molar-refractivity contribution in [2.75, 3.05) is 13.1 Å². The Morgan fingerprint density at radius 3 is 2.50 bits per heavy atom.